The van der Waals surface area contributed by atoms with Crippen molar-refractivity contribution in [2.75, 3.05) is 13.2 Å². The van der Waals surface area contributed by atoms with E-state index >= 15 is 0 Å². The van der Waals surface area contributed by atoms with Crippen molar-refractivity contribution in [2.24, 2.45) is 5.92 Å². The van der Waals surface area contributed by atoms with E-state index in [1.165, 1.54) is 0 Å². The number of rotatable bonds is 8. The number of ether oxygens (including phenoxy) is 1. The summed E-state index contributed by atoms with van der Waals surface area (Å²) in [5, 5.41) is 14.5. The van der Waals surface area contributed by atoms with E-state index in [0.717, 1.165) is 12.1 Å². The molecule has 0 spiro atoms. The monoisotopic (exact) mass is 333 g/mol. The first-order chi connectivity index (χ1) is 9.75. The highest BCUT2D eigenvalue weighted by atomic mass is 35.5. The molecule has 0 fully saturated rings. The minimum atomic E-state index is -0.869. The molecule has 1 atom stereocenters. The quantitative estimate of drug-likeness (QED) is 0.746. The van der Waals surface area contributed by atoms with Gasteiger partial charge in [0.05, 0.1) is 10.6 Å². The molecular weight excluding hydrogens is 309 g/mol. The Morgan fingerprint density at radius 2 is 2.00 bits per heavy atom. The van der Waals surface area contributed by atoms with E-state index in [4.69, 9.17) is 27.9 Å². The average molecular weight is 334 g/mol. The summed E-state index contributed by atoms with van der Waals surface area (Å²) in [6.45, 7) is 9.67. The Kier molecular flexibility index (Phi) is 7.28. The van der Waals surface area contributed by atoms with Gasteiger partial charge in [-0.2, -0.15) is 0 Å². The van der Waals surface area contributed by atoms with E-state index in [-0.39, 0.29) is 6.61 Å². The summed E-state index contributed by atoms with van der Waals surface area (Å²) in [6, 6.07) is 3.50. The number of aliphatic hydroxyl groups is 1. The van der Waals surface area contributed by atoms with E-state index in [2.05, 4.69) is 19.2 Å². The van der Waals surface area contributed by atoms with Crippen LogP contribution in [0, 0.1) is 5.92 Å². The summed E-state index contributed by atoms with van der Waals surface area (Å²) in [5.74, 6) is 1.15. The molecule has 0 aromatic heterocycles. The third-order valence-electron chi connectivity index (χ3n) is 3.24. The second-order valence-corrected chi connectivity index (χ2v) is 6.88. The smallest absolute Gasteiger partial charge is 0.142 e. The lowest BCUT2D eigenvalue weighted by molar-refractivity contribution is 0.00820. The Balaban J connectivity index is 2.84. The molecule has 0 saturated heterocycles. The molecular formula is C16H25Cl2NO2. The van der Waals surface area contributed by atoms with Crippen LogP contribution < -0.4 is 10.1 Å². The summed E-state index contributed by atoms with van der Waals surface area (Å²) in [6.07, 6.45) is 0.610. The third kappa shape index (κ3) is 6.43. The zero-order valence-corrected chi connectivity index (χ0v) is 14.7. The number of nitrogens with one attached hydrogen (secondary N) is 1. The summed E-state index contributed by atoms with van der Waals surface area (Å²) in [7, 11) is 0. The van der Waals surface area contributed by atoms with Gasteiger partial charge in [0.1, 0.15) is 12.4 Å². The van der Waals surface area contributed by atoms with Crippen LogP contribution in [-0.4, -0.2) is 23.9 Å². The first-order valence-electron chi connectivity index (χ1n) is 7.29. The molecule has 1 aromatic rings. The summed E-state index contributed by atoms with van der Waals surface area (Å²) < 4.78 is 5.76. The molecule has 5 heteroatoms. The molecule has 1 rings (SSSR count). The van der Waals surface area contributed by atoms with E-state index in [9.17, 15) is 5.11 Å². The molecule has 0 heterocycles. The maximum atomic E-state index is 10.1. The predicted molar refractivity (Wildman–Crippen MR) is 89.4 cm³/mol. The van der Waals surface area contributed by atoms with Crippen LogP contribution >= 0.6 is 23.2 Å². The fourth-order valence-electron chi connectivity index (χ4n) is 1.73. The Labute approximate surface area is 137 Å². The molecule has 2 N–H and O–H groups in total. The summed E-state index contributed by atoms with van der Waals surface area (Å²) >= 11 is 12.3. The molecule has 1 unspecified atom stereocenters. The zero-order valence-electron chi connectivity index (χ0n) is 13.2. The van der Waals surface area contributed by atoms with Gasteiger partial charge < -0.3 is 15.2 Å². The van der Waals surface area contributed by atoms with Crippen molar-refractivity contribution < 1.29 is 9.84 Å². The fourth-order valence-corrected chi connectivity index (χ4v) is 2.32. The largest absolute Gasteiger partial charge is 0.489 e. The van der Waals surface area contributed by atoms with Crippen LogP contribution in [0.1, 0.15) is 39.7 Å². The van der Waals surface area contributed by atoms with E-state index in [0.29, 0.717) is 34.7 Å². The van der Waals surface area contributed by atoms with Crippen molar-refractivity contribution in [2.45, 2.75) is 46.3 Å². The molecule has 0 bridgehead atoms. The Morgan fingerprint density at radius 1 is 1.33 bits per heavy atom. The molecule has 21 heavy (non-hydrogen) atoms. The first-order valence-corrected chi connectivity index (χ1v) is 8.04. The molecule has 0 amide bonds. The highest BCUT2D eigenvalue weighted by Gasteiger charge is 2.20. The average Bonchev–Trinajstić information content (AvgIpc) is 2.37. The molecule has 0 saturated carbocycles. The molecule has 0 aliphatic carbocycles. The molecule has 3 nitrogen and oxygen atoms in total. The van der Waals surface area contributed by atoms with Gasteiger partial charge in [-0.1, -0.05) is 44.0 Å². The normalized spacial score (nSPS) is 14.3. The highest BCUT2D eigenvalue weighted by Crippen LogP contribution is 2.33. The van der Waals surface area contributed by atoms with Crippen molar-refractivity contribution >= 4 is 23.2 Å². The van der Waals surface area contributed by atoms with E-state index < -0.39 is 5.60 Å². The molecule has 0 radical (unpaired) electrons. The minimum absolute atomic E-state index is 0.196. The van der Waals surface area contributed by atoms with Gasteiger partial charge in [0, 0.05) is 17.1 Å². The highest BCUT2D eigenvalue weighted by molar-refractivity contribution is 6.35. The molecule has 120 valence electrons. The van der Waals surface area contributed by atoms with Crippen LogP contribution in [0.15, 0.2) is 12.1 Å². The van der Waals surface area contributed by atoms with Gasteiger partial charge in [-0.3, -0.25) is 0 Å². The van der Waals surface area contributed by atoms with Crippen LogP contribution in [0.3, 0.4) is 0 Å². The lowest BCUT2D eigenvalue weighted by Crippen LogP contribution is -2.31. The van der Waals surface area contributed by atoms with Crippen molar-refractivity contribution in [3.8, 4) is 5.75 Å². The maximum absolute atomic E-state index is 10.1. The third-order valence-corrected chi connectivity index (χ3v) is 3.74. The van der Waals surface area contributed by atoms with Crippen molar-refractivity contribution in [1.29, 1.82) is 0 Å². The summed E-state index contributed by atoms with van der Waals surface area (Å²) in [5.41, 5.74) is 0.0334. The Morgan fingerprint density at radius 3 is 2.57 bits per heavy atom. The topological polar surface area (TPSA) is 41.5 Å². The number of halogens is 2. The van der Waals surface area contributed by atoms with Gasteiger partial charge >= 0.3 is 0 Å². The lowest BCUT2D eigenvalue weighted by atomic mass is 10.1. The minimum Gasteiger partial charge on any atom is -0.489 e. The van der Waals surface area contributed by atoms with Crippen LogP contribution in [0.2, 0.25) is 10.0 Å². The molecule has 0 aliphatic rings. The Hall–Kier alpha value is -0.480. The van der Waals surface area contributed by atoms with Crippen LogP contribution in [0.25, 0.3) is 0 Å². The van der Waals surface area contributed by atoms with Crippen molar-refractivity contribution in [3.05, 3.63) is 27.7 Å². The van der Waals surface area contributed by atoms with E-state index in [1.54, 1.807) is 13.0 Å². The predicted octanol–water partition coefficient (Wildman–Crippen LogP) is 4.28. The van der Waals surface area contributed by atoms with Crippen LogP contribution in [0.4, 0.5) is 0 Å². The zero-order chi connectivity index (χ0) is 16.0. The van der Waals surface area contributed by atoms with Gasteiger partial charge in [0.15, 0.2) is 0 Å². The lowest BCUT2D eigenvalue weighted by Gasteiger charge is -2.23. The van der Waals surface area contributed by atoms with E-state index in [1.807, 2.05) is 13.0 Å². The molecule has 0 aliphatic heterocycles. The number of benzene rings is 1. The first kappa shape index (κ1) is 18.6. The van der Waals surface area contributed by atoms with Gasteiger partial charge in [-0.05, 0) is 37.9 Å². The maximum Gasteiger partial charge on any atom is 0.142 e. The number of hydrogen-bond acceptors (Lipinski definition) is 3. The SMILES string of the molecule is CCC(C)(O)COc1c(Cl)cc(Cl)cc1CNCC(C)C. The molecule has 1 aromatic carbocycles. The van der Waals surface area contributed by atoms with Gasteiger partial charge in [-0.25, -0.2) is 0 Å². The van der Waals surface area contributed by atoms with Gasteiger partial charge in [0.25, 0.3) is 0 Å². The van der Waals surface area contributed by atoms with Crippen molar-refractivity contribution in [3.63, 3.8) is 0 Å². The second-order valence-electron chi connectivity index (χ2n) is 6.04. The van der Waals surface area contributed by atoms with Gasteiger partial charge in [0.2, 0.25) is 0 Å². The van der Waals surface area contributed by atoms with Gasteiger partial charge in [-0.15, -0.1) is 0 Å². The second kappa shape index (κ2) is 8.23. The van der Waals surface area contributed by atoms with Crippen LogP contribution in [-0.2, 0) is 6.54 Å². The summed E-state index contributed by atoms with van der Waals surface area (Å²) in [4.78, 5) is 0. The number of hydrogen-bond donors (Lipinski definition) is 2. The fraction of sp³-hybridized carbons (Fsp3) is 0.625. The van der Waals surface area contributed by atoms with Crippen molar-refractivity contribution in [1.82, 2.24) is 5.32 Å². The van der Waals surface area contributed by atoms with Crippen LogP contribution in [0.5, 0.6) is 5.75 Å². The Bertz CT molecular complexity index is 462. The standard InChI is InChI=1S/C16H25Cl2NO2/c1-5-16(4,20)10-21-15-12(9-19-8-11(2)3)6-13(17)7-14(15)18/h6-7,11,19-20H,5,8-10H2,1-4H3.